The normalized spacial score (nSPS) is 12.0. The first-order chi connectivity index (χ1) is 11.2. The van der Waals surface area contributed by atoms with Crippen molar-refractivity contribution in [1.29, 1.82) is 0 Å². The topological polar surface area (TPSA) is 76.7 Å². The molecule has 5 nitrogen and oxygen atoms in total. The quantitative estimate of drug-likeness (QED) is 0.683. The van der Waals surface area contributed by atoms with Gasteiger partial charge in [-0.2, -0.15) is 0 Å². The zero-order valence-corrected chi connectivity index (χ0v) is 12.7. The number of carbonyl (C=O) groups excluding carboxylic acids is 1. The van der Waals surface area contributed by atoms with Crippen LogP contribution in [0.1, 0.15) is 29.4 Å². The first-order valence-corrected chi connectivity index (χ1v) is 6.79. The lowest BCUT2D eigenvalue weighted by molar-refractivity contribution is -0.140. The van der Waals surface area contributed by atoms with Gasteiger partial charge in [0.25, 0.3) is 0 Å². The van der Waals surface area contributed by atoms with Gasteiger partial charge in [0.05, 0.1) is 19.4 Å². The minimum atomic E-state index is -1.68. The maximum absolute atomic E-state index is 13.5. The maximum atomic E-state index is 13.5. The Kier molecular flexibility index (Phi) is 4.96. The molecule has 24 heavy (non-hydrogen) atoms. The highest BCUT2D eigenvalue weighted by Crippen LogP contribution is 2.34. The van der Waals surface area contributed by atoms with Gasteiger partial charge in [0.2, 0.25) is 11.2 Å². The van der Waals surface area contributed by atoms with Gasteiger partial charge in [0, 0.05) is 6.07 Å². The second kappa shape index (κ2) is 6.77. The maximum Gasteiger partial charge on any atom is 0.306 e. The van der Waals surface area contributed by atoms with Crippen molar-refractivity contribution in [2.75, 3.05) is 7.11 Å². The molecule has 1 aromatic carbocycles. The third-order valence-electron chi connectivity index (χ3n) is 3.40. The van der Waals surface area contributed by atoms with Crippen molar-refractivity contribution < 1.29 is 32.2 Å². The number of carbonyl (C=O) groups is 1. The first-order valence-electron chi connectivity index (χ1n) is 6.79. The number of esters is 1. The molecular formula is C16H13F3O5. The van der Waals surface area contributed by atoms with Crippen LogP contribution in [0, 0.1) is 24.4 Å². The van der Waals surface area contributed by atoms with Crippen LogP contribution in [0.15, 0.2) is 27.4 Å². The van der Waals surface area contributed by atoms with Crippen LogP contribution in [0.3, 0.4) is 0 Å². The van der Waals surface area contributed by atoms with E-state index in [9.17, 15) is 27.9 Å². The predicted molar refractivity (Wildman–Crippen MR) is 76.2 cm³/mol. The Hall–Kier alpha value is -2.77. The van der Waals surface area contributed by atoms with E-state index in [0.29, 0.717) is 12.1 Å². The molecule has 0 amide bonds. The lowest BCUT2D eigenvalue weighted by atomic mass is 9.92. The first kappa shape index (κ1) is 17.6. The number of aryl methyl sites for hydroxylation is 1. The number of methoxy groups -OCH3 is 1. The van der Waals surface area contributed by atoms with E-state index in [1.807, 2.05) is 0 Å². The molecule has 0 bridgehead atoms. The molecule has 1 heterocycles. The molecule has 1 N–H and O–H groups in total. The van der Waals surface area contributed by atoms with Crippen LogP contribution >= 0.6 is 0 Å². The Bertz CT molecular complexity index is 821. The summed E-state index contributed by atoms with van der Waals surface area (Å²) in [5.74, 6) is -7.71. The Labute approximate surface area is 134 Å². The van der Waals surface area contributed by atoms with Crippen molar-refractivity contribution in [3.63, 3.8) is 0 Å². The van der Waals surface area contributed by atoms with Gasteiger partial charge in [0.1, 0.15) is 5.76 Å². The number of rotatable bonds is 4. The van der Waals surface area contributed by atoms with E-state index in [0.717, 1.165) is 13.2 Å². The Morgan fingerprint density at radius 1 is 1.25 bits per heavy atom. The lowest BCUT2D eigenvalue weighted by Gasteiger charge is -2.17. The summed E-state index contributed by atoms with van der Waals surface area (Å²) in [5.41, 5.74) is -0.979. The molecule has 0 saturated heterocycles. The second-order valence-electron chi connectivity index (χ2n) is 5.07. The molecule has 8 heteroatoms. The molecule has 0 unspecified atom stereocenters. The Morgan fingerprint density at radius 3 is 2.38 bits per heavy atom. The van der Waals surface area contributed by atoms with Crippen LogP contribution in [0.25, 0.3) is 0 Å². The van der Waals surface area contributed by atoms with Gasteiger partial charge in [-0.15, -0.1) is 0 Å². The highest BCUT2D eigenvalue weighted by atomic mass is 19.2. The fraction of sp³-hybridized carbons (Fsp3) is 0.250. The molecular weight excluding hydrogens is 329 g/mol. The Morgan fingerprint density at radius 2 is 1.83 bits per heavy atom. The molecule has 0 aliphatic heterocycles. The fourth-order valence-electron chi connectivity index (χ4n) is 2.25. The van der Waals surface area contributed by atoms with Crippen molar-refractivity contribution in [1.82, 2.24) is 0 Å². The van der Waals surface area contributed by atoms with Gasteiger partial charge in [-0.25, -0.2) is 13.2 Å². The molecule has 0 aliphatic rings. The SMILES string of the molecule is COC(=O)C[C@@H](c1cc(F)c(F)c(F)c1)c1oc(C)cc(=O)c1O. The van der Waals surface area contributed by atoms with Gasteiger partial charge < -0.3 is 14.3 Å². The van der Waals surface area contributed by atoms with Crippen molar-refractivity contribution in [2.24, 2.45) is 0 Å². The van der Waals surface area contributed by atoms with Gasteiger partial charge in [-0.05, 0) is 24.6 Å². The van der Waals surface area contributed by atoms with Crippen LogP contribution in [0.2, 0.25) is 0 Å². The predicted octanol–water partition coefficient (Wildman–Crippen LogP) is 2.77. The highest BCUT2D eigenvalue weighted by molar-refractivity contribution is 5.71. The highest BCUT2D eigenvalue weighted by Gasteiger charge is 2.28. The van der Waals surface area contributed by atoms with E-state index in [1.165, 1.54) is 6.92 Å². The summed E-state index contributed by atoms with van der Waals surface area (Å²) >= 11 is 0. The third-order valence-corrected chi connectivity index (χ3v) is 3.40. The molecule has 2 rings (SSSR count). The van der Waals surface area contributed by atoms with Crippen molar-refractivity contribution in [3.8, 4) is 5.75 Å². The summed E-state index contributed by atoms with van der Waals surface area (Å²) in [7, 11) is 1.09. The van der Waals surface area contributed by atoms with Crippen LogP contribution in [-0.2, 0) is 9.53 Å². The van der Waals surface area contributed by atoms with Gasteiger partial charge in [-0.1, -0.05) is 0 Å². The van der Waals surface area contributed by atoms with Crippen LogP contribution in [0.4, 0.5) is 13.2 Å². The van der Waals surface area contributed by atoms with E-state index in [2.05, 4.69) is 4.74 Å². The summed E-state index contributed by atoms with van der Waals surface area (Å²) in [6, 6.07) is 2.33. The van der Waals surface area contributed by atoms with E-state index in [-0.39, 0.29) is 17.1 Å². The monoisotopic (exact) mass is 342 g/mol. The largest absolute Gasteiger partial charge is 0.502 e. The summed E-state index contributed by atoms with van der Waals surface area (Å²) in [5, 5.41) is 9.91. The number of hydrogen-bond acceptors (Lipinski definition) is 5. The van der Waals surface area contributed by atoms with Crippen molar-refractivity contribution in [3.05, 3.63) is 63.0 Å². The van der Waals surface area contributed by atoms with Crippen LogP contribution < -0.4 is 5.43 Å². The van der Waals surface area contributed by atoms with Crippen molar-refractivity contribution >= 4 is 5.97 Å². The summed E-state index contributed by atoms with van der Waals surface area (Å²) in [6.45, 7) is 1.42. The fourth-order valence-corrected chi connectivity index (χ4v) is 2.25. The van der Waals surface area contributed by atoms with E-state index >= 15 is 0 Å². The van der Waals surface area contributed by atoms with Gasteiger partial charge >= 0.3 is 5.97 Å². The average Bonchev–Trinajstić information content (AvgIpc) is 2.53. The summed E-state index contributed by atoms with van der Waals surface area (Å²) < 4.78 is 49.9. The molecule has 0 saturated carbocycles. The second-order valence-corrected chi connectivity index (χ2v) is 5.07. The number of hydrogen-bond donors (Lipinski definition) is 1. The lowest BCUT2D eigenvalue weighted by Crippen LogP contribution is -2.14. The molecule has 0 aliphatic carbocycles. The molecule has 2 aromatic rings. The number of ether oxygens (including phenoxy) is 1. The zero-order valence-electron chi connectivity index (χ0n) is 12.7. The third kappa shape index (κ3) is 3.42. The van der Waals surface area contributed by atoms with Crippen LogP contribution in [0.5, 0.6) is 5.75 Å². The minimum absolute atomic E-state index is 0.116. The van der Waals surface area contributed by atoms with Crippen molar-refractivity contribution in [2.45, 2.75) is 19.3 Å². The number of halogens is 3. The van der Waals surface area contributed by atoms with Gasteiger partial charge in [0.15, 0.2) is 23.2 Å². The molecule has 0 radical (unpaired) electrons. The Balaban J connectivity index is 2.66. The van der Waals surface area contributed by atoms with E-state index in [4.69, 9.17) is 4.42 Å². The standard InChI is InChI=1S/C16H13F3O5/c1-7-3-12(20)15(22)16(24-7)9(6-13(21)23-2)8-4-10(17)14(19)11(18)5-8/h3-5,9,22H,6H2,1-2H3/t9-/m0/s1. The van der Waals surface area contributed by atoms with E-state index < -0.39 is 46.9 Å². The number of aromatic hydroxyl groups is 1. The van der Waals surface area contributed by atoms with Gasteiger partial charge in [-0.3, -0.25) is 9.59 Å². The van der Waals surface area contributed by atoms with Crippen LogP contribution in [-0.4, -0.2) is 18.2 Å². The molecule has 128 valence electrons. The average molecular weight is 342 g/mol. The summed E-state index contributed by atoms with van der Waals surface area (Å²) in [6.07, 6.45) is -0.485. The van der Waals surface area contributed by atoms with E-state index in [1.54, 1.807) is 0 Å². The molecule has 0 fully saturated rings. The molecule has 0 spiro atoms. The zero-order chi connectivity index (χ0) is 18.0. The smallest absolute Gasteiger partial charge is 0.306 e. The molecule has 1 atom stereocenters. The minimum Gasteiger partial charge on any atom is -0.502 e. The molecule has 1 aromatic heterocycles. The number of benzene rings is 1. The summed E-state index contributed by atoms with van der Waals surface area (Å²) in [4.78, 5) is 23.3.